The van der Waals surface area contributed by atoms with Gasteiger partial charge in [-0.1, -0.05) is 6.92 Å². The average molecular weight is 347 g/mol. The molecule has 1 aliphatic carbocycles. The van der Waals surface area contributed by atoms with Gasteiger partial charge in [0.25, 0.3) is 0 Å². The van der Waals surface area contributed by atoms with E-state index in [2.05, 4.69) is 12.2 Å². The summed E-state index contributed by atoms with van der Waals surface area (Å²) >= 11 is 0. The zero-order valence-corrected chi connectivity index (χ0v) is 14.9. The molecule has 2 N–H and O–H groups in total. The first kappa shape index (κ1) is 19.0. The Morgan fingerprint density at radius 3 is 2.44 bits per heavy atom. The van der Waals surface area contributed by atoms with Gasteiger partial charge in [-0.25, -0.2) is 4.79 Å². The predicted molar refractivity (Wildman–Crippen MR) is 92.8 cm³/mol. The highest BCUT2D eigenvalue weighted by molar-refractivity contribution is 5.95. The third-order valence-corrected chi connectivity index (χ3v) is 4.95. The van der Waals surface area contributed by atoms with Gasteiger partial charge in [-0.2, -0.15) is 0 Å². The number of amides is 1. The van der Waals surface area contributed by atoms with Crippen molar-refractivity contribution in [1.82, 2.24) is 5.32 Å². The number of carbonyl (C=O) groups excluding carboxylic acids is 2. The summed E-state index contributed by atoms with van der Waals surface area (Å²) in [5.74, 6) is -0.501. The van der Waals surface area contributed by atoms with Gasteiger partial charge in [-0.3, -0.25) is 9.59 Å². The fourth-order valence-electron chi connectivity index (χ4n) is 3.27. The number of rotatable bonds is 6. The van der Waals surface area contributed by atoms with Crippen molar-refractivity contribution in [3.63, 3.8) is 0 Å². The molecule has 0 atom stereocenters. The number of carbonyl (C=O) groups is 3. The monoisotopic (exact) mass is 347 g/mol. The van der Waals surface area contributed by atoms with Crippen molar-refractivity contribution in [2.75, 3.05) is 7.11 Å². The summed E-state index contributed by atoms with van der Waals surface area (Å²) in [6.07, 6.45) is 2.38. The van der Waals surface area contributed by atoms with E-state index in [4.69, 9.17) is 4.74 Å². The summed E-state index contributed by atoms with van der Waals surface area (Å²) in [5.41, 5.74) is -0.143. The minimum atomic E-state index is -1.20. The van der Waals surface area contributed by atoms with Crippen LogP contribution in [-0.4, -0.2) is 35.4 Å². The topological polar surface area (TPSA) is 92.7 Å². The fourth-order valence-corrected chi connectivity index (χ4v) is 3.27. The van der Waals surface area contributed by atoms with Crippen molar-refractivity contribution in [3.05, 3.63) is 29.3 Å². The quantitative estimate of drug-likeness (QED) is 0.772. The zero-order chi connectivity index (χ0) is 18.6. The summed E-state index contributed by atoms with van der Waals surface area (Å²) in [6.45, 7) is 3.54. The fraction of sp³-hybridized carbons (Fsp3) is 0.526. The Balaban J connectivity index is 2.17. The Kier molecular flexibility index (Phi) is 5.82. The highest BCUT2D eigenvalue weighted by atomic mass is 16.5. The lowest BCUT2D eigenvalue weighted by Crippen LogP contribution is -2.56. The molecule has 1 amide bonds. The van der Waals surface area contributed by atoms with Gasteiger partial charge in [0.05, 0.1) is 13.5 Å². The number of hydrogen-bond acceptors (Lipinski definition) is 4. The highest BCUT2D eigenvalue weighted by Crippen LogP contribution is 2.32. The number of benzene rings is 1. The maximum Gasteiger partial charge on any atom is 0.329 e. The first-order valence-electron chi connectivity index (χ1n) is 8.49. The first-order valence-corrected chi connectivity index (χ1v) is 8.49. The molecule has 0 aromatic heterocycles. The van der Waals surface area contributed by atoms with Crippen LogP contribution in [0, 0.1) is 5.92 Å². The van der Waals surface area contributed by atoms with Crippen molar-refractivity contribution in [2.24, 2.45) is 5.92 Å². The normalized spacial score (nSPS) is 22.9. The lowest BCUT2D eigenvalue weighted by atomic mass is 9.77. The van der Waals surface area contributed by atoms with E-state index in [1.807, 2.05) is 0 Å². The number of ketones is 1. The molecule has 1 aromatic rings. The highest BCUT2D eigenvalue weighted by Gasteiger charge is 2.42. The molecular weight excluding hydrogens is 322 g/mol. The molecule has 136 valence electrons. The first-order chi connectivity index (χ1) is 11.8. The summed E-state index contributed by atoms with van der Waals surface area (Å²) in [6, 6.07) is 4.91. The SMILES string of the molecule is COc1ccc(C(C)=O)cc1CC(=O)NC1(C(=O)O)CCC(C)CC1. The Hall–Kier alpha value is -2.37. The van der Waals surface area contributed by atoms with E-state index >= 15 is 0 Å². The van der Waals surface area contributed by atoms with E-state index in [1.165, 1.54) is 14.0 Å². The third-order valence-electron chi connectivity index (χ3n) is 4.95. The molecule has 1 aliphatic rings. The molecule has 0 heterocycles. The Bertz CT molecular complexity index is 674. The molecule has 6 nitrogen and oxygen atoms in total. The maximum absolute atomic E-state index is 12.5. The van der Waals surface area contributed by atoms with Crippen LogP contribution in [0.2, 0.25) is 0 Å². The van der Waals surface area contributed by atoms with Gasteiger partial charge >= 0.3 is 5.97 Å². The third kappa shape index (κ3) is 4.38. The molecule has 1 fully saturated rings. The van der Waals surface area contributed by atoms with E-state index in [-0.39, 0.29) is 18.1 Å². The average Bonchev–Trinajstić information content (AvgIpc) is 2.56. The molecule has 2 rings (SSSR count). The summed E-state index contributed by atoms with van der Waals surface area (Å²) < 4.78 is 5.25. The van der Waals surface area contributed by atoms with Crippen LogP contribution >= 0.6 is 0 Å². The summed E-state index contributed by atoms with van der Waals surface area (Å²) in [7, 11) is 1.49. The second-order valence-corrected chi connectivity index (χ2v) is 6.88. The number of carboxylic acids is 1. The second-order valence-electron chi connectivity index (χ2n) is 6.88. The van der Waals surface area contributed by atoms with E-state index in [1.54, 1.807) is 18.2 Å². The standard InChI is InChI=1S/C19H25NO5/c1-12-6-8-19(9-7-12,18(23)24)20-17(22)11-15-10-14(13(2)21)4-5-16(15)25-3/h4-5,10,12H,6-9,11H2,1-3H3,(H,20,22)(H,23,24). The lowest BCUT2D eigenvalue weighted by Gasteiger charge is -2.36. The van der Waals surface area contributed by atoms with Crippen LogP contribution < -0.4 is 10.1 Å². The van der Waals surface area contributed by atoms with Crippen LogP contribution in [0.4, 0.5) is 0 Å². The molecular formula is C19H25NO5. The van der Waals surface area contributed by atoms with Gasteiger partial charge in [0, 0.05) is 11.1 Å². The molecule has 0 spiro atoms. The van der Waals surface area contributed by atoms with Crippen molar-refractivity contribution in [2.45, 2.75) is 51.5 Å². The van der Waals surface area contributed by atoms with Crippen LogP contribution in [0.1, 0.15) is 55.5 Å². The van der Waals surface area contributed by atoms with Gasteiger partial charge < -0.3 is 15.2 Å². The minimum Gasteiger partial charge on any atom is -0.496 e. The number of nitrogens with one attached hydrogen (secondary N) is 1. The van der Waals surface area contributed by atoms with E-state index in [0.717, 1.165) is 12.8 Å². The van der Waals surface area contributed by atoms with E-state index in [0.29, 0.717) is 35.6 Å². The molecule has 0 bridgehead atoms. The number of aliphatic carboxylic acids is 1. The van der Waals surface area contributed by atoms with Crippen LogP contribution in [0.3, 0.4) is 0 Å². The molecule has 1 aromatic carbocycles. The van der Waals surface area contributed by atoms with Crippen molar-refractivity contribution in [1.29, 1.82) is 0 Å². The molecule has 1 saturated carbocycles. The number of carboxylic acid groups (broad SMARTS) is 1. The Morgan fingerprint density at radius 1 is 1.28 bits per heavy atom. The van der Waals surface area contributed by atoms with Crippen molar-refractivity contribution in [3.8, 4) is 5.75 Å². The van der Waals surface area contributed by atoms with Crippen LogP contribution in [-0.2, 0) is 16.0 Å². The van der Waals surface area contributed by atoms with Gasteiger partial charge in [0.15, 0.2) is 5.78 Å². The van der Waals surface area contributed by atoms with Gasteiger partial charge in [0.1, 0.15) is 11.3 Å². The predicted octanol–water partition coefficient (Wildman–Crippen LogP) is 2.59. The summed E-state index contributed by atoms with van der Waals surface area (Å²) in [4.78, 5) is 35.8. The number of hydrogen-bond donors (Lipinski definition) is 2. The summed E-state index contributed by atoms with van der Waals surface area (Å²) in [5, 5.41) is 12.3. The van der Waals surface area contributed by atoms with Crippen molar-refractivity contribution >= 4 is 17.7 Å². The smallest absolute Gasteiger partial charge is 0.329 e. The number of methoxy groups -OCH3 is 1. The Morgan fingerprint density at radius 2 is 1.92 bits per heavy atom. The molecule has 0 aliphatic heterocycles. The second kappa shape index (κ2) is 7.68. The maximum atomic E-state index is 12.5. The number of Topliss-reactive ketones (excluding diaryl/α,β-unsaturated/α-hetero) is 1. The van der Waals surface area contributed by atoms with Gasteiger partial charge in [-0.05, 0) is 56.7 Å². The molecule has 6 heteroatoms. The van der Waals surface area contributed by atoms with E-state index in [9.17, 15) is 19.5 Å². The number of ether oxygens (including phenoxy) is 1. The molecule has 25 heavy (non-hydrogen) atoms. The van der Waals surface area contributed by atoms with Crippen molar-refractivity contribution < 1.29 is 24.2 Å². The largest absolute Gasteiger partial charge is 0.496 e. The Labute approximate surface area is 147 Å². The molecule has 0 saturated heterocycles. The van der Waals surface area contributed by atoms with E-state index < -0.39 is 11.5 Å². The van der Waals surface area contributed by atoms with Crippen LogP contribution in [0.25, 0.3) is 0 Å². The minimum absolute atomic E-state index is 0.0329. The van der Waals surface area contributed by atoms with Crippen LogP contribution in [0.5, 0.6) is 5.75 Å². The van der Waals surface area contributed by atoms with Gasteiger partial charge in [-0.15, -0.1) is 0 Å². The van der Waals surface area contributed by atoms with Crippen LogP contribution in [0.15, 0.2) is 18.2 Å². The lowest BCUT2D eigenvalue weighted by molar-refractivity contribution is -0.149. The molecule has 0 unspecified atom stereocenters. The van der Waals surface area contributed by atoms with Gasteiger partial charge in [0.2, 0.25) is 5.91 Å². The zero-order valence-electron chi connectivity index (χ0n) is 14.9. The molecule has 0 radical (unpaired) electrons.